The van der Waals surface area contributed by atoms with Gasteiger partial charge in [-0.2, -0.15) is 0 Å². The van der Waals surface area contributed by atoms with E-state index in [2.05, 4.69) is 194 Å². The van der Waals surface area contributed by atoms with Gasteiger partial charge in [-0.25, -0.2) is 0 Å². The molecule has 1 heterocycles. The van der Waals surface area contributed by atoms with Crippen LogP contribution in [0.4, 0.5) is 11.4 Å². The number of rotatable bonds is 6. The number of nitrogens with zero attached hydrogens (tertiary/aromatic N) is 1. The second-order valence-electron chi connectivity index (χ2n) is 16.5. The monoisotopic (exact) mass is 739 g/mol. The van der Waals surface area contributed by atoms with Gasteiger partial charge in [0.2, 0.25) is 0 Å². The van der Waals surface area contributed by atoms with Crippen molar-refractivity contribution in [3.8, 4) is 11.1 Å². The van der Waals surface area contributed by atoms with Gasteiger partial charge in [0.25, 0.3) is 0 Å². The van der Waals surface area contributed by atoms with Gasteiger partial charge in [-0.3, -0.25) is 0 Å². The lowest BCUT2D eigenvalue weighted by atomic mass is 9.60. The predicted molar refractivity (Wildman–Crippen MR) is 239 cm³/mol. The van der Waals surface area contributed by atoms with Crippen LogP contribution in [0.2, 0.25) is 0 Å². The first-order valence-corrected chi connectivity index (χ1v) is 21.2. The number of hydrogen-bond donors (Lipinski definition) is 0. The highest BCUT2D eigenvalue weighted by Gasteiger charge is 2.56. The van der Waals surface area contributed by atoms with Crippen molar-refractivity contribution in [2.45, 2.75) is 50.0 Å². The zero-order chi connectivity index (χ0) is 37.3. The topological polar surface area (TPSA) is 3.24 Å². The molecule has 11 rings (SSSR count). The normalized spacial score (nSPS) is 21.9. The minimum absolute atomic E-state index is 0.256. The number of aryl methyl sites for hydroxylation is 1. The lowest BCUT2D eigenvalue weighted by Gasteiger charge is -2.47. The van der Waals surface area contributed by atoms with E-state index < -0.39 is 0 Å². The van der Waals surface area contributed by atoms with Crippen LogP contribution in [0.1, 0.15) is 54.2 Å². The van der Waals surface area contributed by atoms with Crippen LogP contribution in [0.3, 0.4) is 0 Å². The third kappa shape index (κ3) is 5.12. The van der Waals surface area contributed by atoms with Crippen molar-refractivity contribution in [2.24, 2.45) is 11.8 Å². The Balaban J connectivity index is 1.07. The Bertz CT molecular complexity index is 2700. The molecular formula is C54H45NS. The van der Waals surface area contributed by atoms with E-state index in [0.29, 0.717) is 11.8 Å². The molecule has 0 amide bonds. The van der Waals surface area contributed by atoms with Crippen LogP contribution in [-0.4, -0.2) is 5.54 Å². The fourth-order valence-electron chi connectivity index (χ4n) is 10.9. The zero-order valence-corrected chi connectivity index (χ0v) is 32.7. The highest BCUT2D eigenvalue weighted by atomic mass is 32.1. The molecule has 2 heteroatoms. The fraction of sp³-hybridized carbons (Fsp3) is 0.185. The molecule has 0 aliphatic heterocycles. The molecule has 4 aliphatic carbocycles. The van der Waals surface area contributed by atoms with Gasteiger partial charge in [0.1, 0.15) is 0 Å². The van der Waals surface area contributed by atoms with E-state index in [0.717, 1.165) is 25.7 Å². The summed E-state index contributed by atoms with van der Waals surface area (Å²) in [5, 5.41) is 3.92. The molecule has 6 aromatic carbocycles. The van der Waals surface area contributed by atoms with Gasteiger partial charge in [-0.1, -0.05) is 152 Å². The molecule has 1 aromatic heterocycles. The molecule has 3 unspecified atom stereocenters. The molecule has 7 aromatic rings. The molecule has 56 heavy (non-hydrogen) atoms. The van der Waals surface area contributed by atoms with Crippen LogP contribution < -0.4 is 4.90 Å². The highest BCUT2D eigenvalue weighted by molar-refractivity contribution is 7.19. The van der Waals surface area contributed by atoms with Crippen molar-refractivity contribution in [2.75, 3.05) is 4.90 Å². The van der Waals surface area contributed by atoms with E-state index in [4.69, 9.17) is 0 Å². The van der Waals surface area contributed by atoms with Crippen LogP contribution in [0.5, 0.6) is 0 Å². The second-order valence-corrected chi connectivity index (χ2v) is 17.6. The average molecular weight is 740 g/mol. The summed E-state index contributed by atoms with van der Waals surface area (Å²) in [5.74, 6) is 0.855. The maximum absolute atomic E-state index is 2.65. The van der Waals surface area contributed by atoms with E-state index >= 15 is 0 Å². The van der Waals surface area contributed by atoms with E-state index in [-0.39, 0.29) is 11.0 Å². The highest BCUT2D eigenvalue weighted by Crippen LogP contribution is 2.63. The van der Waals surface area contributed by atoms with Crippen molar-refractivity contribution in [1.82, 2.24) is 0 Å². The second kappa shape index (κ2) is 13.2. The zero-order valence-electron chi connectivity index (χ0n) is 31.9. The molecule has 3 atom stereocenters. The van der Waals surface area contributed by atoms with Crippen molar-refractivity contribution in [3.63, 3.8) is 0 Å². The Morgan fingerprint density at radius 1 is 0.661 bits per heavy atom. The standard InChI is InChI=1S/C54H45NS/c1-53(34-33-45-44-22-10-12-24-48(44)54(49(45)36-53,40-17-4-2-5-18-40)41-19-6-3-7-20-41)55(50-25-14-16-38-15-8-9-21-43(38)50)42-30-27-37(28-31-42)39-29-32-52-47(35-39)46-23-11-13-26-51(46)56-52/h2-9,11-12,14-21,23-25,27-35,44,48H,10,13,22,26,36H2,1H3. The number of benzene rings is 6. The number of hydrogen-bond acceptors (Lipinski definition) is 2. The lowest BCUT2D eigenvalue weighted by Crippen LogP contribution is -2.46. The molecule has 272 valence electrons. The molecule has 0 saturated heterocycles. The van der Waals surface area contributed by atoms with Crippen LogP contribution in [0.15, 0.2) is 187 Å². The molecule has 0 radical (unpaired) electrons. The predicted octanol–water partition coefficient (Wildman–Crippen LogP) is 14.4. The molecule has 0 bridgehead atoms. The summed E-state index contributed by atoms with van der Waals surface area (Å²) < 4.78 is 1.39. The SMILES string of the molecule is CC1(N(c2ccc(-c3ccc4sc5c(c4c3)C=CCC5)cc2)c2cccc3ccccc23)C=CC2=C(C1)C(c1ccccc1)(c1ccccc1)C1C=CCCC21. The minimum atomic E-state index is -0.350. The summed E-state index contributed by atoms with van der Waals surface area (Å²) in [4.78, 5) is 4.18. The summed E-state index contributed by atoms with van der Waals surface area (Å²) in [7, 11) is 0. The van der Waals surface area contributed by atoms with Crippen molar-refractivity contribution in [1.29, 1.82) is 0 Å². The first kappa shape index (κ1) is 33.6. The maximum atomic E-state index is 2.65. The van der Waals surface area contributed by atoms with Crippen molar-refractivity contribution in [3.05, 3.63) is 209 Å². The minimum Gasteiger partial charge on any atom is -0.331 e. The van der Waals surface area contributed by atoms with Gasteiger partial charge in [0.15, 0.2) is 0 Å². The van der Waals surface area contributed by atoms with E-state index in [1.807, 2.05) is 11.3 Å². The Hall–Kier alpha value is -5.70. The number of thiophene rings is 1. The first-order chi connectivity index (χ1) is 27.6. The van der Waals surface area contributed by atoms with E-state index in [1.165, 1.54) is 71.3 Å². The van der Waals surface area contributed by atoms with Gasteiger partial charge in [0.05, 0.1) is 5.54 Å². The van der Waals surface area contributed by atoms with Gasteiger partial charge in [0, 0.05) is 43.1 Å². The molecule has 0 saturated carbocycles. The number of allylic oxidation sites excluding steroid dienone is 5. The fourth-order valence-corrected chi connectivity index (χ4v) is 12.1. The van der Waals surface area contributed by atoms with Crippen LogP contribution in [0, 0.1) is 11.8 Å². The summed E-state index contributed by atoms with van der Waals surface area (Å²) in [6.45, 7) is 2.47. The Morgan fingerprint density at radius 3 is 2.20 bits per heavy atom. The van der Waals surface area contributed by atoms with Crippen LogP contribution in [-0.2, 0) is 11.8 Å². The third-order valence-electron chi connectivity index (χ3n) is 13.4. The summed E-state index contributed by atoms with van der Waals surface area (Å²) in [6.07, 6.45) is 20.3. The summed E-state index contributed by atoms with van der Waals surface area (Å²) in [5.41, 5.74) is 11.7. The van der Waals surface area contributed by atoms with Gasteiger partial charge >= 0.3 is 0 Å². The molecule has 0 N–H and O–H groups in total. The van der Waals surface area contributed by atoms with E-state index in [1.54, 1.807) is 11.1 Å². The average Bonchev–Trinajstić information content (AvgIpc) is 3.77. The molecular weight excluding hydrogens is 695 g/mol. The van der Waals surface area contributed by atoms with Gasteiger partial charge in [-0.15, -0.1) is 11.3 Å². The smallest absolute Gasteiger partial charge is 0.0646 e. The Morgan fingerprint density at radius 2 is 1.39 bits per heavy atom. The Kier molecular flexibility index (Phi) is 7.93. The number of fused-ring (bicyclic) bond motifs is 6. The molecule has 4 aliphatic rings. The van der Waals surface area contributed by atoms with Gasteiger partial charge < -0.3 is 4.90 Å². The first-order valence-electron chi connectivity index (χ1n) is 20.4. The lowest BCUT2D eigenvalue weighted by molar-refractivity contribution is 0.348. The van der Waals surface area contributed by atoms with E-state index in [9.17, 15) is 0 Å². The third-order valence-corrected chi connectivity index (χ3v) is 14.6. The Labute approximate surface area is 334 Å². The quantitative estimate of drug-likeness (QED) is 0.154. The molecule has 0 fully saturated rings. The maximum Gasteiger partial charge on any atom is 0.0646 e. The van der Waals surface area contributed by atoms with Crippen LogP contribution in [0.25, 0.3) is 38.1 Å². The molecule has 1 nitrogen and oxygen atoms in total. The largest absolute Gasteiger partial charge is 0.331 e. The summed E-state index contributed by atoms with van der Waals surface area (Å²) >= 11 is 1.96. The summed E-state index contributed by atoms with van der Waals surface area (Å²) in [6, 6.07) is 55.0. The van der Waals surface area contributed by atoms with Gasteiger partial charge in [-0.05, 0) is 120 Å². The molecule has 0 spiro atoms. The number of anilines is 2. The van der Waals surface area contributed by atoms with Crippen LogP contribution >= 0.6 is 11.3 Å². The van der Waals surface area contributed by atoms with Crippen molar-refractivity contribution < 1.29 is 0 Å². The van der Waals surface area contributed by atoms with Crippen molar-refractivity contribution >= 4 is 49.6 Å².